The first-order chi connectivity index (χ1) is 8.99. The summed E-state index contributed by atoms with van der Waals surface area (Å²) in [5.41, 5.74) is 7.50. The van der Waals surface area contributed by atoms with Gasteiger partial charge in [0.15, 0.2) is 0 Å². The van der Waals surface area contributed by atoms with E-state index in [0.29, 0.717) is 0 Å². The van der Waals surface area contributed by atoms with Gasteiger partial charge in [0.25, 0.3) is 0 Å². The van der Waals surface area contributed by atoms with E-state index in [0.717, 1.165) is 23.9 Å². The minimum Gasteiger partial charge on any atom is -0.317 e. The summed E-state index contributed by atoms with van der Waals surface area (Å²) in [5.74, 6) is 0.0129. The van der Waals surface area contributed by atoms with E-state index in [4.69, 9.17) is 5.73 Å². The third-order valence-electron chi connectivity index (χ3n) is 3.89. The Morgan fingerprint density at radius 3 is 2.47 bits per heavy atom. The molecule has 1 saturated carbocycles. The number of hydrogen-bond acceptors (Lipinski definition) is 2. The molecular formula is C16H18N2O. The van der Waals surface area contributed by atoms with Gasteiger partial charge in [-0.3, -0.25) is 4.79 Å². The van der Waals surface area contributed by atoms with Crippen LogP contribution in [0, 0.1) is 6.92 Å². The van der Waals surface area contributed by atoms with Crippen molar-refractivity contribution in [3.8, 4) is 0 Å². The second kappa shape index (κ2) is 4.07. The SMILES string of the molecule is Cc1ccc2cc(N(C)C(=O)C3(N)CC3)ccc2c1. The third-order valence-corrected chi connectivity index (χ3v) is 3.89. The Labute approximate surface area is 113 Å². The van der Waals surface area contributed by atoms with Gasteiger partial charge in [-0.15, -0.1) is 0 Å². The van der Waals surface area contributed by atoms with E-state index in [1.165, 1.54) is 10.9 Å². The molecule has 0 aromatic heterocycles. The Bertz CT molecular complexity index is 659. The molecule has 2 N–H and O–H groups in total. The number of benzene rings is 2. The number of likely N-dealkylation sites (N-methyl/N-ethyl adjacent to an activating group) is 1. The Balaban J connectivity index is 1.96. The first kappa shape index (κ1) is 12.2. The molecule has 1 aliphatic rings. The van der Waals surface area contributed by atoms with Gasteiger partial charge < -0.3 is 10.6 Å². The van der Waals surface area contributed by atoms with Crippen molar-refractivity contribution in [2.24, 2.45) is 5.73 Å². The molecule has 1 aliphatic carbocycles. The zero-order valence-corrected chi connectivity index (χ0v) is 11.3. The molecule has 0 unspecified atom stereocenters. The lowest BCUT2D eigenvalue weighted by atomic mass is 10.1. The quantitative estimate of drug-likeness (QED) is 0.895. The van der Waals surface area contributed by atoms with Crippen LogP contribution in [0.5, 0.6) is 0 Å². The lowest BCUT2D eigenvalue weighted by molar-refractivity contribution is -0.120. The molecule has 0 radical (unpaired) electrons. The number of aryl methyl sites for hydroxylation is 1. The molecule has 0 aliphatic heterocycles. The van der Waals surface area contributed by atoms with Crippen LogP contribution < -0.4 is 10.6 Å². The second-order valence-electron chi connectivity index (χ2n) is 5.56. The van der Waals surface area contributed by atoms with Crippen LogP contribution in [-0.2, 0) is 4.79 Å². The monoisotopic (exact) mass is 254 g/mol. The molecule has 19 heavy (non-hydrogen) atoms. The molecule has 0 saturated heterocycles. The largest absolute Gasteiger partial charge is 0.317 e. The smallest absolute Gasteiger partial charge is 0.246 e. The summed E-state index contributed by atoms with van der Waals surface area (Å²) in [7, 11) is 1.80. The summed E-state index contributed by atoms with van der Waals surface area (Å²) < 4.78 is 0. The summed E-state index contributed by atoms with van der Waals surface area (Å²) in [6.07, 6.45) is 1.59. The van der Waals surface area contributed by atoms with Gasteiger partial charge in [-0.1, -0.05) is 29.8 Å². The van der Waals surface area contributed by atoms with Gasteiger partial charge in [0, 0.05) is 12.7 Å². The van der Waals surface area contributed by atoms with Crippen molar-refractivity contribution in [3.63, 3.8) is 0 Å². The summed E-state index contributed by atoms with van der Waals surface area (Å²) in [6, 6.07) is 12.4. The molecule has 2 aromatic rings. The molecule has 3 heteroatoms. The lowest BCUT2D eigenvalue weighted by Crippen LogP contribution is -2.43. The van der Waals surface area contributed by atoms with Crippen molar-refractivity contribution in [3.05, 3.63) is 42.0 Å². The maximum Gasteiger partial charge on any atom is 0.246 e. The average molecular weight is 254 g/mol. The molecule has 0 heterocycles. The van der Waals surface area contributed by atoms with Crippen LogP contribution in [0.3, 0.4) is 0 Å². The van der Waals surface area contributed by atoms with Gasteiger partial charge in [-0.25, -0.2) is 0 Å². The number of carbonyl (C=O) groups is 1. The van der Waals surface area contributed by atoms with Crippen LogP contribution in [0.4, 0.5) is 5.69 Å². The molecule has 0 bridgehead atoms. The number of nitrogens with two attached hydrogens (primary N) is 1. The standard InChI is InChI=1S/C16H18N2O/c1-11-3-4-13-10-14(6-5-12(13)9-11)18(2)15(19)16(17)7-8-16/h3-6,9-10H,7-8,17H2,1-2H3. The fourth-order valence-electron chi connectivity index (χ4n) is 2.36. The Morgan fingerprint density at radius 2 is 1.79 bits per heavy atom. The minimum atomic E-state index is -0.614. The maximum atomic E-state index is 12.2. The number of rotatable bonds is 2. The predicted molar refractivity (Wildman–Crippen MR) is 78.2 cm³/mol. The molecule has 98 valence electrons. The van der Waals surface area contributed by atoms with E-state index in [1.807, 2.05) is 12.1 Å². The maximum absolute atomic E-state index is 12.2. The van der Waals surface area contributed by atoms with Gasteiger partial charge >= 0.3 is 0 Å². The zero-order valence-electron chi connectivity index (χ0n) is 11.3. The summed E-state index contributed by atoms with van der Waals surface area (Å²) in [5, 5.41) is 2.34. The highest BCUT2D eigenvalue weighted by molar-refractivity contribution is 6.03. The molecule has 3 rings (SSSR count). The summed E-state index contributed by atoms with van der Waals surface area (Å²) in [4.78, 5) is 13.9. The predicted octanol–water partition coefficient (Wildman–Crippen LogP) is 2.60. The Hall–Kier alpha value is -1.87. The van der Waals surface area contributed by atoms with Crippen LogP contribution in [0.1, 0.15) is 18.4 Å². The van der Waals surface area contributed by atoms with Gasteiger partial charge in [-0.05, 0) is 42.7 Å². The number of nitrogens with zero attached hydrogens (tertiary/aromatic N) is 1. The molecule has 2 aromatic carbocycles. The zero-order chi connectivity index (χ0) is 13.6. The van der Waals surface area contributed by atoms with Gasteiger partial charge in [0.05, 0.1) is 5.54 Å². The van der Waals surface area contributed by atoms with Crippen LogP contribution >= 0.6 is 0 Å². The van der Waals surface area contributed by atoms with Crippen molar-refractivity contribution in [2.75, 3.05) is 11.9 Å². The number of carbonyl (C=O) groups excluding carboxylic acids is 1. The fraction of sp³-hybridized carbons (Fsp3) is 0.312. The lowest BCUT2D eigenvalue weighted by Gasteiger charge is -2.21. The molecule has 1 fully saturated rings. The summed E-state index contributed by atoms with van der Waals surface area (Å²) >= 11 is 0. The van der Waals surface area contributed by atoms with E-state index in [1.54, 1.807) is 11.9 Å². The number of hydrogen-bond donors (Lipinski definition) is 1. The van der Waals surface area contributed by atoms with Gasteiger partial charge in [0.2, 0.25) is 5.91 Å². The molecule has 0 atom stereocenters. The van der Waals surface area contributed by atoms with Crippen LogP contribution in [0.15, 0.2) is 36.4 Å². The van der Waals surface area contributed by atoms with Crippen molar-refractivity contribution in [1.82, 2.24) is 0 Å². The van der Waals surface area contributed by atoms with E-state index >= 15 is 0 Å². The van der Waals surface area contributed by atoms with Crippen molar-refractivity contribution in [2.45, 2.75) is 25.3 Å². The average Bonchev–Trinajstić information content (AvgIpc) is 3.15. The highest BCUT2D eigenvalue weighted by atomic mass is 16.2. The third kappa shape index (κ3) is 2.10. The minimum absolute atomic E-state index is 0.0129. The van der Waals surface area contributed by atoms with Crippen molar-refractivity contribution in [1.29, 1.82) is 0 Å². The molecule has 3 nitrogen and oxygen atoms in total. The first-order valence-corrected chi connectivity index (χ1v) is 6.57. The van der Waals surface area contributed by atoms with E-state index < -0.39 is 5.54 Å². The van der Waals surface area contributed by atoms with E-state index in [2.05, 4.69) is 31.2 Å². The Morgan fingerprint density at radius 1 is 1.16 bits per heavy atom. The van der Waals surface area contributed by atoms with Gasteiger partial charge in [-0.2, -0.15) is 0 Å². The normalized spacial score (nSPS) is 16.4. The van der Waals surface area contributed by atoms with Gasteiger partial charge in [0.1, 0.15) is 0 Å². The highest BCUT2D eigenvalue weighted by Gasteiger charge is 2.47. The topological polar surface area (TPSA) is 46.3 Å². The Kier molecular flexibility index (Phi) is 2.61. The second-order valence-corrected chi connectivity index (χ2v) is 5.56. The van der Waals surface area contributed by atoms with E-state index in [-0.39, 0.29) is 5.91 Å². The molecular weight excluding hydrogens is 236 g/mol. The van der Waals surface area contributed by atoms with Crippen molar-refractivity contribution < 1.29 is 4.79 Å². The van der Waals surface area contributed by atoms with Crippen LogP contribution in [-0.4, -0.2) is 18.5 Å². The number of fused-ring (bicyclic) bond motifs is 1. The summed E-state index contributed by atoms with van der Waals surface area (Å²) in [6.45, 7) is 2.08. The highest BCUT2D eigenvalue weighted by Crippen LogP contribution is 2.35. The van der Waals surface area contributed by atoms with Crippen LogP contribution in [0.25, 0.3) is 10.8 Å². The van der Waals surface area contributed by atoms with E-state index in [9.17, 15) is 4.79 Å². The first-order valence-electron chi connectivity index (χ1n) is 6.57. The molecule has 1 amide bonds. The number of anilines is 1. The number of amides is 1. The fourth-order valence-corrected chi connectivity index (χ4v) is 2.36. The van der Waals surface area contributed by atoms with Crippen LogP contribution in [0.2, 0.25) is 0 Å². The van der Waals surface area contributed by atoms with Crippen molar-refractivity contribution >= 4 is 22.4 Å². The molecule has 0 spiro atoms.